The lowest BCUT2D eigenvalue weighted by Gasteiger charge is -2.22. The third-order valence-electron chi connectivity index (χ3n) is 4.21. The molecule has 2 aromatic rings. The molecule has 0 spiro atoms. The normalized spacial score (nSPS) is 13.9. The molecule has 0 aromatic carbocycles. The molecule has 1 amide bonds. The van der Waals surface area contributed by atoms with E-state index in [1.54, 1.807) is 6.92 Å². The van der Waals surface area contributed by atoms with Crippen molar-refractivity contribution in [2.75, 3.05) is 6.61 Å². The summed E-state index contributed by atoms with van der Waals surface area (Å²) in [4.78, 5) is 32.6. The van der Waals surface area contributed by atoms with E-state index in [0.29, 0.717) is 23.5 Å². The molecule has 0 saturated carbocycles. The van der Waals surface area contributed by atoms with Crippen LogP contribution >= 0.6 is 0 Å². The zero-order valence-corrected chi connectivity index (χ0v) is 13.7. The Morgan fingerprint density at radius 1 is 1.52 bits per heavy atom. The first kappa shape index (κ1) is 17.1. The fourth-order valence-electron chi connectivity index (χ4n) is 2.45. The van der Waals surface area contributed by atoms with E-state index in [2.05, 4.69) is 20.4 Å². The number of aromatic amines is 1. The zero-order chi connectivity index (χ0) is 17.0. The number of nitrogens with zero attached hydrogens (tertiary/aromatic N) is 3. The highest BCUT2D eigenvalue weighted by molar-refractivity contribution is 5.76. The summed E-state index contributed by atoms with van der Waals surface area (Å²) >= 11 is 0. The summed E-state index contributed by atoms with van der Waals surface area (Å²) in [5.74, 6) is 0.329. The predicted molar refractivity (Wildman–Crippen MR) is 85.1 cm³/mol. The number of aryl methyl sites for hydroxylation is 1. The van der Waals surface area contributed by atoms with E-state index in [1.165, 1.54) is 10.8 Å². The van der Waals surface area contributed by atoms with Gasteiger partial charge in [0.25, 0.3) is 11.3 Å². The van der Waals surface area contributed by atoms with Crippen molar-refractivity contribution in [2.45, 2.75) is 46.1 Å². The SMILES string of the molecule is CC[C@@H](C)[C@@H](CO)NC(=O)CCc1c(C)nc2nc[nH]n2c1=O. The number of hydrogen-bond acceptors (Lipinski definition) is 5. The molecule has 0 unspecified atom stereocenters. The van der Waals surface area contributed by atoms with Crippen LogP contribution in [0.25, 0.3) is 5.78 Å². The van der Waals surface area contributed by atoms with E-state index in [4.69, 9.17) is 0 Å². The number of amides is 1. The molecule has 0 aliphatic carbocycles. The fraction of sp³-hybridized carbons (Fsp3) is 0.600. The molecule has 2 rings (SSSR count). The molecule has 3 N–H and O–H groups in total. The van der Waals surface area contributed by atoms with Gasteiger partial charge in [0.1, 0.15) is 6.33 Å². The first-order valence-electron chi connectivity index (χ1n) is 7.79. The molecule has 0 fully saturated rings. The molecule has 2 heterocycles. The number of aliphatic hydroxyl groups is 1. The van der Waals surface area contributed by atoms with Crippen LogP contribution < -0.4 is 10.9 Å². The predicted octanol–water partition coefficient (Wildman–Crippen LogP) is 0.182. The Bertz CT molecular complexity index is 736. The topological polar surface area (TPSA) is 112 Å². The number of fused-ring (bicyclic) bond motifs is 1. The van der Waals surface area contributed by atoms with E-state index in [1.807, 2.05) is 13.8 Å². The molecule has 2 aromatic heterocycles. The van der Waals surface area contributed by atoms with Crippen molar-refractivity contribution in [3.63, 3.8) is 0 Å². The van der Waals surface area contributed by atoms with Gasteiger partial charge in [0, 0.05) is 12.0 Å². The second-order valence-electron chi connectivity index (χ2n) is 5.75. The summed E-state index contributed by atoms with van der Waals surface area (Å²) in [5, 5.41) is 14.9. The van der Waals surface area contributed by atoms with E-state index in [-0.39, 0.29) is 36.5 Å². The van der Waals surface area contributed by atoms with Crippen molar-refractivity contribution in [1.29, 1.82) is 0 Å². The van der Waals surface area contributed by atoms with E-state index < -0.39 is 0 Å². The third kappa shape index (κ3) is 3.76. The summed E-state index contributed by atoms with van der Waals surface area (Å²) in [6, 6.07) is -0.261. The number of rotatable bonds is 7. The highest BCUT2D eigenvalue weighted by Gasteiger charge is 2.18. The Morgan fingerprint density at radius 2 is 2.26 bits per heavy atom. The zero-order valence-electron chi connectivity index (χ0n) is 13.7. The summed E-state index contributed by atoms with van der Waals surface area (Å²) in [5.41, 5.74) is 0.833. The van der Waals surface area contributed by atoms with Gasteiger partial charge in [0.2, 0.25) is 5.91 Å². The quantitative estimate of drug-likeness (QED) is 0.673. The van der Waals surface area contributed by atoms with Crippen LogP contribution in [0.3, 0.4) is 0 Å². The summed E-state index contributed by atoms with van der Waals surface area (Å²) in [6.45, 7) is 5.63. The highest BCUT2D eigenvalue weighted by atomic mass is 16.3. The van der Waals surface area contributed by atoms with E-state index in [9.17, 15) is 14.7 Å². The molecule has 0 bridgehead atoms. The van der Waals surface area contributed by atoms with Crippen LogP contribution in [0, 0.1) is 12.8 Å². The van der Waals surface area contributed by atoms with Crippen molar-refractivity contribution in [3.05, 3.63) is 27.9 Å². The molecule has 0 radical (unpaired) electrons. The van der Waals surface area contributed by atoms with Gasteiger partial charge in [0.05, 0.1) is 18.3 Å². The number of aliphatic hydroxyl groups excluding tert-OH is 1. The van der Waals surface area contributed by atoms with Gasteiger partial charge in [-0.1, -0.05) is 20.3 Å². The Kier molecular flexibility index (Phi) is 5.49. The molecule has 23 heavy (non-hydrogen) atoms. The smallest absolute Gasteiger partial charge is 0.277 e. The van der Waals surface area contributed by atoms with Gasteiger partial charge in [0.15, 0.2) is 0 Å². The van der Waals surface area contributed by atoms with Crippen molar-refractivity contribution in [1.82, 2.24) is 24.9 Å². The minimum Gasteiger partial charge on any atom is -0.394 e. The molecule has 2 atom stereocenters. The summed E-state index contributed by atoms with van der Waals surface area (Å²) in [6.07, 6.45) is 2.74. The van der Waals surface area contributed by atoms with Crippen molar-refractivity contribution >= 4 is 11.7 Å². The van der Waals surface area contributed by atoms with Crippen LogP contribution in [0.4, 0.5) is 0 Å². The van der Waals surface area contributed by atoms with Gasteiger partial charge in [-0.2, -0.15) is 4.52 Å². The van der Waals surface area contributed by atoms with Crippen LogP contribution in [-0.2, 0) is 11.2 Å². The monoisotopic (exact) mass is 321 g/mol. The lowest BCUT2D eigenvalue weighted by Crippen LogP contribution is -2.42. The Balaban J connectivity index is 2.06. The van der Waals surface area contributed by atoms with Crippen LogP contribution in [0.1, 0.15) is 37.9 Å². The van der Waals surface area contributed by atoms with Crippen molar-refractivity contribution in [3.8, 4) is 0 Å². The second kappa shape index (κ2) is 7.36. The van der Waals surface area contributed by atoms with Crippen LogP contribution in [-0.4, -0.2) is 43.2 Å². The van der Waals surface area contributed by atoms with Crippen LogP contribution in [0.15, 0.2) is 11.1 Å². The Labute approximate surface area is 133 Å². The summed E-state index contributed by atoms with van der Waals surface area (Å²) < 4.78 is 1.26. The molecular weight excluding hydrogens is 298 g/mol. The van der Waals surface area contributed by atoms with Gasteiger partial charge in [-0.3, -0.25) is 14.7 Å². The lowest BCUT2D eigenvalue weighted by atomic mass is 9.99. The third-order valence-corrected chi connectivity index (χ3v) is 4.21. The average molecular weight is 321 g/mol. The maximum absolute atomic E-state index is 12.3. The minimum absolute atomic E-state index is 0.0932. The van der Waals surface area contributed by atoms with Gasteiger partial charge in [-0.15, -0.1) is 0 Å². The highest BCUT2D eigenvalue weighted by Crippen LogP contribution is 2.08. The number of nitrogens with one attached hydrogen (secondary N) is 2. The molecular formula is C15H23N5O3. The Hall–Kier alpha value is -2.22. The van der Waals surface area contributed by atoms with Gasteiger partial charge < -0.3 is 10.4 Å². The van der Waals surface area contributed by atoms with Gasteiger partial charge >= 0.3 is 0 Å². The second-order valence-corrected chi connectivity index (χ2v) is 5.75. The summed E-state index contributed by atoms with van der Waals surface area (Å²) in [7, 11) is 0. The molecule has 126 valence electrons. The molecule has 0 saturated heterocycles. The van der Waals surface area contributed by atoms with Gasteiger partial charge in [-0.25, -0.2) is 9.97 Å². The number of carbonyl (C=O) groups is 1. The average Bonchev–Trinajstić information content (AvgIpc) is 3.00. The van der Waals surface area contributed by atoms with E-state index in [0.717, 1.165) is 6.42 Å². The number of aromatic nitrogens is 4. The van der Waals surface area contributed by atoms with Crippen LogP contribution in [0.2, 0.25) is 0 Å². The number of hydrogen-bond donors (Lipinski definition) is 3. The lowest BCUT2D eigenvalue weighted by molar-refractivity contribution is -0.122. The minimum atomic E-state index is -0.261. The molecule has 0 aliphatic heterocycles. The largest absolute Gasteiger partial charge is 0.394 e. The Morgan fingerprint density at radius 3 is 2.91 bits per heavy atom. The first-order chi connectivity index (χ1) is 11.0. The number of carbonyl (C=O) groups excluding carboxylic acids is 1. The van der Waals surface area contributed by atoms with Crippen molar-refractivity contribution in [2.24, 2.45) is 5.92 Å². The molecule has 8 heteroatoms. The fourth-order valence-corrected chi connectivity index (χ4v) is 2.45. The maximum atomic E-state index is 12.3. The molecule has 8 nitrogen and oxygen atoms in total. The number of H-pyrrole nitrogens is 1. The maximum Gasteiger partial charge on any atom is 0.277 e. The molecule has 0 aliphatic rings. The standard InChI is InChI=1S/C15H23N5O3/c1-4-9(2)12(7-21)19-13(22)6-5-11-10(3)18-15-16-8-17-20(15)14(11)23/h8-9,12,21H,4-7H2,1-3H3,(H,19,22)(H,16,17,18)/t9-,12-/m1/s1. The van der Waals surface area contributed by atoms with Crippen molar-refractivity contribution < 1.29 is 9.90 Å². The van der Waals surface area contributed by atoms with Crippen LogP contribution in [0.5, 0.6) is 0 Å². The first-order valence-corrected chi connectivity index (χ1v) is 7.79. The van der Waals surface area contributed by atoms with Gasteiger partial charge in [-0.05, 0) is 19.3 Å². The van der Waals surface area contributed by atoms with E-state index >= 15 is 0 Å².